The van der Waals surface area contributed by atoms with Crippen molar-refractivity contribution in [1.29, 1.82) is 0 Å². The zero-order valence-corrected chi connectivity index (χ0v) is 15.9. The molecule has 0 aliphatic heterocycles. The molecule has 0 aliphatic rings. The molecule has 1 amide bonds. The van der Waals surface area contributed by atoms with Gasteiger partial charge in [0.05, 0.1) is 5.52 Å². The summed E-state index contributed by atoms with van der Waals surface area (Å²) in [5.41, 5.74) is 1.14. The van der Waals surface area contributed by atoms with E-state index in [9.17, 15) is 9.18 Å². The van der Waals surface area contributed by atoms with Gasteiger partial charge in [0.15, 0.2) is 4.34 Å². The number of aromatic nitrogens is 3. The Hall–Kier alpha value is -2.55. The number of hydrogen-bond acceptors (Lipinski definition) is 6. The Bertz CT molecular complexity index is 1130. The van der Waals surface area contributed by atoms with Gasteiger partial charge in [0.25, 0.3) is 5.91 Å². The highest BCUT2D eigenvalue weighted by Gasteiger charge is 2.12. The van der Waals surface area contributed by atoms with Crippen LogP contribution in [0, 0.1) is 5.82 Å². The molecule has 0 aliphatic carbocycles. The molecule has 0 atom stereocenters. The third kappa shape index (κ3) is 4.08. The lowest BCUT2D eigenvalue weighted by molar-refractivity contribution is 0.102. The van der Waals surface area contributed by atoms with Crippen molar-refractivity contribution >= 4 is 56.6 Å². The van der Waals surface area contributed by atoms with Crippen LogP contribution in [0.15, 0.2) is 64.0 Å². The lowest BCUT2D eigenvalue weighted by Gasteiger charge is -2.03. The van der Waals surface area contributed by atoms with Crippen molar-refractivity contribution in [2.75, 3.05) is 5.32 Å². The van der Waals surface area contributed by atoms with Crippen molar-refractivity contribution in [3.63, 3.8) is 0 Å². The Morgan fingerprint density at radius 3 is 2.74 bits per heavy atom. The second-order valence-corrected chi connectivity index (χ2v) is 8.11. The number of halogens is 2. The monoisotopic (exact) mass is 416 g/mol. The van der Waals surface area contributed by atoms with Gasteiger partial charge in [-0.15, -0.1) is 10.2 Å². The molecule has 9 heteroatoms. The summed E-state index contributed by atoms with van der Waals surface area (Å²) in [5, 5.41) is 12.7. The molecule has 134 valence electrons. The summed E-state index contributed by atoms with van der Waals surface area (Å²) in [6.45, 7) is 0. The zero-order valence-electron chi connectivity index (χ0n) is 13.5. The van der Waals surface area contributed by atoms with Gasteiger partial charge < -0.3 is 0 Å². The van der Waals surface area contributed by atoms with Crippen molar-refractivity contribution in [2.45, 2.75) is 9.24 Å². The van der Waals surface area contributed by atoms with Gasteiger partial charge in [0.2, 0.25) is 5.13 Å². The van der Waals surface area contributed by atoms with Gasteiger partial charge in [-0.05, 0) is 42.5 Å². The molecule has 0 unspecified atom stereocenters. The van der Waals surface area contributed by atoms with Crippen molar-refractivity contribution in [2.24, 2.45) is 0 Å². The topological polar surface area (TPSA) is 67.8 Å². The van der Waals surface area contributed by atoms with E-state index >= 15 is 0 Å². The number of carbonyl (C=O) groups is 1. The number of nitrogens with one attached hydrogen (secondary N) is 1. The maximum absolute atomic E-state index is 13.0. The lowest BCUT2D eigenvalue weighted by atomic mass is 10.2. The molecule has 0 spiro atoms. The molecular formula is C18H10ClFN4OS2. The van der Waals surface area contributed by atoms with Crippen LogP contribution in [0.4, 0.5) is 9.52 Å². The van der Waals surface area contributed by atoms with Crippen LogP contribution in [0.1, 0.15) is 10.4 Å². The summed E-state index contributed by atoms with van der Waals surface area (Å²) >= 11 is 8.70. The summed E-state index contributed by atoms with van der Waals surface area (Å²) in [4.78, 5) is 17.5. The van der Waals surface area contributed by atoms with Crippen LogP contribution < -0.4 is 5.32 Å². The quantitative estimate of drug-likeness (QED) is 0.458. The number of pyridine rings is 1. The minimum atomic E-state index is -0.396. The summed E-state index contributed by atoms with van der Waals surface area (Å²) in [6, 6.07) is 12.7. The Labute approximate surface area is 166 Å². The predicted octanol–water partition coefficient (Wildman–Crippen LogP) is 5.28. The Morgan fingerprint density at radius 2 is 1.93 bits per heavy atom. The largest absolute Gasteiger partial charge is 0.296 e. The highest BCUT2D eigenvalue weighted by Crippen LogP contribution is 2.36. The lowest BCUT2D eigenvalue weighted by Crippen LogP contribution is -2.11. The van der Waals surface area contributed by atoms with Gasteiger partial charge in [-0.1, -0.05) is 40.8 Å². The number of anilines is 1. The van der Waals surface area contributed by atoms with Crippen LogP contribution in [0.25, 0.3) is 10.9 Å². The first-order valence-electron chi connectivity index (χ1n) is 7.71. The minimum absolute atomic E-state index is 0.345. The van der Waals surface area contributed by atoms with E-state index in [1.54, 1.807) is 12.3 Å². The SMILES string of the molecule is O=C(Nc1nnc(Sc2ccnc3cc(Cl)ccc23)s1)c1ccc(F)cc1. The average Bonchev–Trinajstić information content (AvgIpc) is 3.09. The number of benzene rings is 2. The Kier molecular flexibility index (Phi) is 5.02. The molecule has 0 fully saturated rings. The van der Waals surface area contributed by atoms with Crippen LogP contribution in [0.2, 0.25) is 5.02 Å². The summed E-state index contributed by atoms with van der Waals surface area (Å²) in [7, 11) is 0. The van der Waals surface area contributed by atoms with Gasteiger partial charge in [0.1, 0.15) is 5.82 Å². The number of rotatable bonds is 4. The van der Waals surface area contributed by atoms with Gasteiger partial charge >= 0.3 is 0 Å². The normalized spacial score (nSPS) is 10.9. The molecule has 0 radical (unpaired) electrons. The molecule has 4 aromatic rings. The van der Waals surface area contributed by atoms with E-state index in [0.29, 0.717) is 20.1 Å². The fourth-order valence-electron chi connectivity index (χ4n) is 2.35. The van der Waals surface area contributed by atoms with E-state index in [4.69, 9.17) is 11.6 Å². The third-order valence-corrected chi connectivity index (χ3v) is 5.80. The van der Waals surface area contributed by atoms with E-state index in [-0.39, 0.29) is 5.91 Å². The third-order valence-electron chi connectivity index (χ3n) is 3.60. The van der Waals surface area contributed by atoms with Gasteiger partial charge in [-0.25, -0.2) is 4.39 Å². The number of amides is 1. The molecule has 2 aromatic carbocycles. The first-order valence-corrected chi connectivity index (χ1v) is 9.72. The summed E-state index contributed by atoms with van der Waals surface area (Å²) in [6.07, 6.45) is 1.71. The highest BCUT2D eigenvalue weighted by molar-refractivity contribution is 8.01. The second-order valence-electron chi connectivity index (χ2n) is 5.41. The maximum atomic E-state index is 13.0. The van der Waals surface area contributed by atoms with Crippen LogP contribution in [-0.4, -0.2) is 21.1 Å². The zero-order chi connectivity index (χ0) is 18.8. The van der Waals surface area contributed by atoms with Crippen LogP contribution >= 0.6 is 34.7 Å². The van der Waals surface area contributed by atoms with Crippen molar-refractivity contribution < 1.29 is 9.18 Å². The number of hydrogen-bond donors (Lipinski definition) is 1. The van der Waals surface area contributed by atoms with E-state index < -0.39 is 5.82 Å². The second kappa shape index (κ2) is 7.59. The van der Waals surface area contributed by atoms with Crippen LogP contribution in [-0.2, 0) is 0 Å². The molecule has 1 N–H and O–H groups in total. The molecule has 0 saturated carbocycles. The molecular weight excluding hydrogens is 407 g/mol. The molecule has 0 bridgehead atoms. The molecule has 0 saturated heterocycles. The van der Waals surface area contributed by atoms with Crippen molar-refractivity contribution in [1.82, 2.24) is 15.2 Å². The van der Waals surface area contributed by atoms with E-state index in [1.165, 1.54) is 47.4 Å². The van der Waals surface area contributed by atoms with Crippen molar-refractivity contribution in [3.8, 4) is 0 Å². The van der Waals surface area contributed by atoms with E-state index in [1.807, 2.05) is 18.2 Å². The average molecular weight is 417 g/mol. The minimum Gasteiger partial charge on any atom is -0.296 e. The smallest absolute Gasteiger partial charge is 0.257 e. The number of fused-ring (bicyclic) bond motifs is 1. The first-order chi connectivity index (χ1) is 13.1. The summed E-state index contributed by atoms with van der Waals surface area (Å²) < 4.78 is 13.6. The van der Waals surface area contributed by atoms with E-state index in [2.05, 4.69) is 20.5 Å². The van der Waals surface area contributed by atoms with E-state index in [0.717, 1.165) is 15.8 Å². The Morgan fingerprint density at radius 1 is 1.11 bits per heavy atom. The molecule has 27 heavy (non-hydrogen) atoms. The van der Waals surface area contributed by atoms with Crippen LogP contribution in [0.3, 0.4) is 0 Å². The molecule has 2 heterocycles. The standard InChI is InChI=1S/C18H10ClFN4OS2/c19-11-3-6-13-14(9-11)21-8-7-15(13)26-18-24-23-17(27-18)22-16(25)10-1-4-12(20)5-2-10/h1-9H,(H,22,23,25). The number of nitrogens with zero attached hydrogens (tertiary/aromatic N) is 3. The predicted molar refractivity (Wildman–Crippen MR) is 105 cm³/mol. The fourth-order valence-corrected chi connectivity index (χ4v) is 4.34. The van der Waals surface area contributed by atoms with Gasteiger partial charge in [-0.2, -0.15) is 0 Å². The molecule has 2 aromatic heterocycles. The molecule has 5 nitrogen and oxygen atoms in total. The first kappa shape index (κ1) is 17.8. The molecule has 4 rings (SSSR count). The summed E-state index contributed by atoms with van der Waals surface area (Å²) in [5.74, 6) is -0.765. The highest BCUT2D eigenvalue weighted by atomic mass is 35.5. The Balaban J connectivity index is 1.52. The fraction of sp³-hybridized carbons (Fsp3) is 0. The van der Waals surface area contributed by atoms with Crippen molar-refractivity contribution in [3.05, 3.63) is 71.1 Å². The van der Waals surface area contributed by atoms with Crippen LogP contribution in [0.5, 0.6) is 0 Å². The van der Waals surface area contributed by atoms with Gasteiger partial charge in [0, 0.05) is 27.1 Å². The van der Waals surface area contributed by atoms with Gasteiger partial charge in [-0.3, -0.25) is 15.1 Å². The number of carbonyl (C=O) groups excluding carboxylic acids is 1. The maximum Gasteiger partial charge on any atom is 0.257 e.